The van der Waals surface area contributed by atoms with Crippen LogP contribution in [0, 0.1) is 0 Å². The lowest BCUT2D eigenvalue weighted by Gasteiger charge is -2.23. The van der Waals surface area contributed by atoms with Gasteiger partial charge in [-0.15, -0.1) is 0 Å². The highest BCUT2D eigenvalue weighted by Crippen LogP contribution is 2.19. The van der Waals surface area contributed by atoms with E-state index in [0.717, 1.165) is 62.1 Å². The first-order valence-corrected chi connectivity index (χ1v) is 17.6. The Kier molecular flexibility index (Phi) is 15.2. The minimum atomic E-state index is -4.64. The number of hydrogen-bond acceptors (Lipinski definition) is 10. The van der Waals surface area contributed by atoms with Gasteiger partial charge in [0.05, 0.1) is 13.2 Å². The van der Waals surface area contributed by atoms with Crippen molar-refractivity contribution in [3.05, 3.63) is 94.0 Å². The van der Waals surface area contributed by atoms with Crippen molar-refractivity contribution >= 4 is 21.7 Å². The standard InChI is InChI=1S/C34H46N4O8S/c39-33(37-17-21-45-31-15-7-9-19-43-31)29(25-35-23-27-11-3-1-4-12-27)47(41,42)30(26-36-24-28-13-5-2-6-14-28)34(40)38-18-22-46-32-16-8-10-20-44-32/h1-6,11-14,25-26,31-32,35-36H,7-10,15-24H2,(H,37,39)(H,38,40)/b29-25+,30-26+. The number of carbonyl (C=O) groups is 2. The van der Waals surface area contributed by atoms with Gasteiger partial charge < -0.3 is 40.2 Å². The van der Waals surface area contributed by atoms with Crippen molar-refractivity contribution in [3.8, 4) is 0 Å². The Morgan fingerprint density at radius 2 is 1.11 bits per heavy atom. The second-order valence-electron chi connectivity index (χ2n) is 11.1. The maximum atomic E-state index is 14.1. The van der Waals surface area contributed by atoms with Gasteiger partial charge in [0, 0.05) is 51.8 Å². The van der Waals surface area contributed by atoms with Crippen LogP contribution in [0.5, 0.6) is 0 Å². The molecule has 0 aromatic heterocycles. The molecule has 256 valence electrons. The quantitative estimate of drug-likeness (QED) is 0.138. The first kappa shape index (κ1) is 36.1. The Labute approximate surface area is 277 Å². The summed E-state index contributed by atoms with van der Waals surface area (Å²) in [7, 11) is -4.64. The van der Waals surface area contributed by atoms with Crippen molar-refractivity contribution < 1.29 is 37.0 Å². The van der Waals surface area contributed by atoms with Gasteiger partial charge in [0.1, 0.15) is 0 Å². The van der Waals surface area contributed by atoms with Gasteiger partial charge in [-0.2, -0.15) is 0 Å². The topological polar surface area (TPSA) is 153 Å². The zero-order valence-electron chi connectivity index (χ0n) is 26.7. The third-order valence-corrected chi connectivity index (χ3v) is 9.21. The van der Waals surface area contributed by atoms with Crippen LogP contribution < -0.4 is 21.3 Å². The highest BCUT2D eigenvalue weighted by Gasteiger charge is 2.33. The molecule has 4 N–H and O–H groups in total. The Balaban J connectivity index is 1.49. The molecule has 2 aliphatic rings. The van der Waals surface area contributed by atoms with Crippen LogP contribution in [0.25, 0.3) is 0 Å². The molecule has 0 aliphatic carbocycles. The summed E-state index contributed by atoms with van der Waals surface area (Å²) >= 11 is 0. The van der Waals surface area contributed by atoms with E-state index < -0.39 is 31.5 Å². The summed E-state index contributed by atoms with van der Waals surface area (Å²) in [5.74, 6) is -1.75. The molecule has 2 atom stereocenters. The monoisotopic (exact) mass is 670 g/mol. The molecule has 0 bridgehead atoms. The van der Waals surface area contributed by atoms with Crippen LogP contribution in [-0.4, -0.2) is 72.3 Å². The predicted octanol–water partition coefficient (Wildman–Crippen LogP) is 2.98. The zero-order chi connectivity index (χ0) is 33.2. The molecule has 47 heavy (non-hydrogen) atoms. The van der Waals surface area contributed by atoms with Crippen molar-refractivity contribution in [1.82, 2.24) is 21.3 Å². The highest BCUT2D eigenvalue weighted by atomic mass is 32.2. The van der Waals surface area contributed by atoms with Gasteiger partial charge in [-0.3, -0.25) is 9.59 Å². The van der Waals surface area contributed by atoms with E-state index in [1.165, 1.54) is 0 Å². The summed E-state index contributed by atoms with van der Waals surface area (Å²) in [5, 5.41) is 11.1. The summed E-state index contributed by atoms with van der Waals surface area (Å²) in [6, 6.07) is 18.6. The van der Waals surface area contributed by atoms with Gasteiger partial charge in [-0.25, -0.2) is 8.42 Å². The molecule has 4 rings (SSSR count). The molecule has 0 saturated carbocycles. The molecular formula is C34H46N4O8S. The van der Waals surface area contributed by atoms with Crippen LogP contribution in [0.3, 0.4) is 0 Å². The SMILES string of the molecule is O=C(NCCOC1CCCCO1)/C(=C\NCc1ccccc1)S(=O)(=O)/C(=C/NCc1ccccc1)C(=O)NCCOC1CCCCO1. The number of nitrogens with one attached hydrogen (secondary N) is 4. The second kappa shape index (κ2) is 19.8. The minimum Gasteiger partial charge on any atom is -0.386 e. The van der Waals surface area contributed by atoms with E-state index >= 15 is 0 Å². The fraction of sp³-hybridized carbons (Fsp3) is 0.471. The molecule has 2 aromatic carbocycles. The van der Waals surface area contributed by atoms with E-state index in [4.69, 9.17) is 18.9 Å². The molecule has 13 heteroatoms. The third kappa shape index (κ3) is 12.4. The van der Waals surface area contributed by atoms with Crippen LogP contribution in [0.15, 0.2) is 82.9 Å². The van der Waals surface area contributed by atoms with Crippen LogP contribution in [0.4, 0.5) is 0 Å². The average molecular weight is 671 g/mol. The molecular weight excluding hydrogens is 624 g/mol. The predicted molar refractivity (Wildman–Crippen MR) is 177 cm³/mol. The number of carbonyl (C=O) groups excluding carboxylic acids is 2. The minimum absolute atomic E-state index is 0.0440. The van der Waals surface area contributed by atoms with Gasteiger partial charge >= 0.3 is 0 Å². The summed E-state index contributed by atoms with van der Waals surface area (Å²) in [5.41, 5.74) is 1.75. The van der Waals surface area contributed by atoms with Crippen LogP contribution in [-0.2, 0) is 51.5 Å². The average Bonchev–Trinajstić information content (AvgIpc) is 3.10. The van der Waals surface area contributed by atoms with Crippen molar-refractivity contribution in [2.24, 2.45) is 0 Å². The van der Waals surface area contributed by atoms with Gasteiger partial charge in [-0.05, 0) is 49.7 Å². The van der Waals surface area contributed by atoms with Gasteiger partial charge in [0.25, 0.3) is 11.8 Å². The molecule has 2 amide bonds. The lowest BCUT2D eigenvalue weighted by Crippen LogP contribution is -2.37. The first-order valence-electron chi connectivity index (χ1n) is 16.2. The van der Waals surface area contributed by atoms with Crippen LogP contribution >= 0.6 is 0 Å². The Bertz CT molecular complexity index is 1310. The van der Waals surface area contributed by atoms with E-state index in [1.54, 1.807) is 0 Å². The largest absolute Gasteiger partial charge is 0.386 e. The Morgan fingerprint density at radius 3 is 1.49 bits per heavy atom. The number of amides is 2. The number of hydrogen-bond donors (Lipinski definition) is 4. The van der Waals surface area contributed by atoms with E-state index in [1.807, 2.05) is 60.7 Å². The number of ether oxygens (including phenoxy) is 4. The lowest BCUT2D eigenvalue weighted by molar-refractivity contribution is -0.161. The summed E-state index contributed by atoms with van der Waals surface area (Å²) in [6.45, 7) is 2.10. The maximum Gasteiger partial charge on any atom is 0.264 e. The molecule has 2 saturated heterocycles. The Morgan fingerprint density at radius 1 is 0.681 bits per heavy atom. The summed E-state index contributed by atoms with van der Waals surface area (Å²) < 4.78 is 50.7. The number of sulfone groups is 1. The van der Waals surface area contributed by atoms with Gasteiger partial charge in [-0.1, -0.05) is 60.7 Å². The molecule has 2 heterocycles. The molecule has 2 fully saturated rings. The van der Waals surface area contributed by atoms with E-state index in [2.05, 4.69) is 21.3 Å². The van der Waals surface area contributed by atoms with Crippen molar-refractivity contribution in [1.29, 1.82) is 0 Å². The lowest BCUT2D eigenvalue weighted by atomic mass is 10.2. The van der Waals surface area contributed by atoms with Gasteiger partial charge in [0.15, 0.2) is 22.4 Å². The zero-order valence-corrected chi connectivity index (χ0v) is 27.5. The fourth-order valence-corrected chi connectivity index (χ4v) is 6.28. The fourth-order valence-electron chi connectivity index (χ4n) is 4.93. The maximum absolute atomic E-state index is 14.1. The molecule has 2 aliphatic heterocycles. The highest BCUT2D eigenvalue weighted by molar-refractivity contribution is 8.00. The summed E-state index contributed by atoms with van der Waals surface area (Å²) in [4.78, 5) is 25.7. The summed E-state index contributed by atoms with van der Waals surface area (Å²) in [6.07, 6.45) is 7.01. The first-order chi connectivity index (χ1) is 22.9. The number of rotatable bonds is 18. The van der Waals surface area contributed by atoms with Crippen molar-refractivity contribution in [3.63, 3.8) is 0 Å². The third-order valence-electron chi connectivity index (χ3n) is 7.45. The molecule has 2 aromatic rings. The molecule has 0 radical (unpaired) electrons. The van der Waals surface area contributed by atoms with Gasteiger partial charge in [0.2, 0.25) is 9.84 Å². The molecule has 2 unspecified atom stereocenters. The van der Waals surface area contributed by atoms with E-state index in [0.29, 0.717) is 13.2 Å². The van der Waals surface area contributed by atoms with E-state index in [9.17, 15) is 18.0 Å². The normalized spacial score (nSPS) is 19.1. The molecule has 0 spiro atoms. The molecule has 12 nitrogen and oxygen atoms in total. The van der Waals surface area contributed by atoms with Crippen molar-refractivity contribution in [2.75, 3.05) is 39.5 Å². The van der Waals surface area contributed by atoms with Crippen molar-refractivity contribution in [2.45, 2.75) is 64.2 Å². The number of benzene rings is 2. The smallest absolute Gasteiger partial charge is 0.264 e. The van der Waals surface area contributed by atoms with Crippen LogP contribution in [0.2, 0.25) is 0 Å². The van der Waals surface area contributed by atoms with Crippen LogP contribution in [0.1, 0.15) is 49.7 Å². The Hall–Kier alpha value is -3.75. The van der Waals surface area contributed by atoms with E-state index in [-0.39, 0.29) is 52.0 Å². The second-order valence-corrected chi connectivity index (χ2v) is 13.0.